The fourth-order valence-corrected chi connectivity index (χ4v) is 3.82. The Kier molecular flexibility index (Phi) is 4.60. The molecule has 4 nitrogen and oxygen atoms in total. The van der Waals surface area contributed by atoms with Crippen molar-refractivity contribution < 1.29 is 4.79 Å². The Morgan fingerprint density at radius 2 is 2.10 bits per heavy atom. The van der Waals surface area contributed by atoms with E-state index in [-0.39, 0.29) is 5.91 Å². The van der Waals surface area contributed by atoms with E-state index in [0.29, 0.717) is 11.8 Å². The quantitative estimate of drug-likeness (QED) is 0.874. The second-order valence-electron chi connectivity index (χ2n) is 5.14. The molecular weight excluding hydrogens is 282 g/mol. The summed E-state index contributed by atoms with van der Waals surface area (Å²) < 4.78 is 1.69. The maximum absolute atomic E-state index is 12.3. The van der Waals surface area contributed by atoms with Gasteiger partial charge in [0.2, 0.25) is 5.91 Å². The molecule has 0 spiro atoms. The molecule has 1 fully saturated rings. The molecule has 5 heteroatoms. The van der Waals surface area contributed by atoms with Gasteiger partial charge in [-0.2, -0.15) is 16.9 Å². The van der Waals surface area contributed by atoms with Crippen LogP contribution in [0.25, 0.3) is 0 Å². The van der Waals surface area contributed by atoms with Gasteiger partial charge in [0.15, 0.2) is 0 Å². The minimum atomic E-state index is 0.160. The zero-order valence-electron chi connectivity index (χ0n) is 11.9. The summed E-state index contributed by atoms with van der Waals surface area (Å²) in [7, 11) is 0. The van der Waals surface area contributed by atoms with E-state index in [1.165, 1.54) is 5.56 Å². The standard InChI is InChI=1S/C16H19N3OS/c20-16(13-19-9-4-8-17-19)18-10-7-15(21-12-11-18)14-5-2-1-3-6-14/h1-6,8-9,15H,7,10-13H2. The van der Waals surface area contributed by atoms with Gasteiger partial charge in [0.1, 0.15) is 6.54 Å². The number of carbonyl (C=O) groups excluding carboxylic acids is 1. The van der Waals surface area contributed by atoms with Crippen molar-refractivity contribution in [3.05, 3.63) is 54.4 Å². The maximum atomic E-state index is 12.3. The van der Waals surface area contributed by atoms with Crippen molar-refractivity contribution in [3.8, 4) is 0 Å². The molecule has 2 heterocycles. The van der Waals surface area contributed by atoms with E-state index in [4.69, 9.17) is 0 Å². The molecule has 21 heavy (non-hydrogen) atoms. The highest BCUT2D eigenvalue weighted by molar-refractivity contribution is 7.99. The molecule has 1 aliphatic rings. The maximum Gasteiger partial charge on any atom is 0.244 e. The predicted octanol–water partition coefficient (Wildman–Crippen LogP) is 2.59. The van der Waals surface area contributed by atoms with Crippen LogP contribution < -0.4 is 0 Å². The van der Waals surface area contributed by atoms with Gasteiger partial charge < -0.3 is 4.90 Å². The van der Waals surface area contributed by atoms with Gasteiger partial charge >= 0.3 is 0 Å². The van der Waals surface area contributed by atoms with Crippen molar-refractivity contribution in [3.63, 3.8) is 0 Å². The highest BCUT2D eigenvalue weighted by Crippen LogP contribution is 2.34. The number of hydrogen-bond acceptors (Lipinski definition) is 3. The van der Waals surface area contributed by atoms with E-state index >= 15 is 0 Å². The minimum absolute atomic E-state index is 0.160. The Labute approximate surface area is 129 Å². The van der Waals surface area contributed by atoms with Crippen molar-refractivity contribution in [1.29, 1.82) is 0 Å². The van der Waals surface area contributed by atoms with Gasteiger partial charge in [-0.05, 0) is 18.1 Å². The van der Waals surface area contributed by atoms with Crippen LogP contribution in [-0.4, -0.2) is 39.4 Å². The summed E-state index contributed by atoms with van der Waals surface area (Å²) in [6.07, 6.45) is 4.55. The number of benzene rings is 1. The highest BCUT2D eigenvalue weighted by Gasteiger charge is 2.22. The van der Waals surface area contributed by atoms with Gasteiger partial charge in [-0.15, -0.1) is 0 Å². The topological polar surface area (TPSA) is 38.1 Å². The molecule has 1 aromatic heterocycles. The summed E-state index contributed by atoms with van der Waals surface area (Å²) in [5.41, 5.74) is 1.36. The zero-order chi connectivity index (χ0) is 14.5. The molecule has 1 unspecified atom stereocenters. The molecule has 0 bridgehead atoms. The van der Waals surface area contributed by atoms with Crippen molar-refractivity contribution >= 4 is 17.7 Å². The third kappa shape index (κ3) is 3.67. The van der Waals surface area contributed by atoms with Gasteiger partial charge in [0.25, 0.3) is 0 Å². The first-order valence-electron chi connectivity index (χ1n) is 7.25. The Hall–Kier alpha value is -1.75. The molecule has 1 saturated heterocycles. The lowest BCUT2D eigenvalue weighted by molar-refractivity contribution is -0.131. The van der Waals surface area contributed by atoms with Gasteiger partial charge in [-0.25, -0.2) is 0 Å². The molecule has 110 valence electrons. The summed E-state index contributed by atoms with van der Waals surface area (Å²) in [6.45, 7) is 1.99. The van der Waals surface area contributed by atoms with E-state index < -0.39 is 0 Å². The fourth-order valence-electron chi connectivity index (χ4n) is 2.59. The van der Waals surface area contributed by atoms with Crippen LogP contribution in [0.15, 0.2) is 48.8 Å². The van der Waals surface area contributed by atoms with Gasteiger partial charge in [0.05, 0.1) is 0 Å². The summed E-state index contributed by atoms with van der Waals surface area (Å²) in [6, 6.07) is 12.4. The van der Waals surface area contributed by atoms with Gasteiger partial charge in [-0.3, -0.25) is 9.48 Å². The number of aromatic nitrogens is 2. The third-order valence-electron chi connectivity index (χ3n) is 3.72. The van der Waals surface area contributed by atoms with Crippen LogP contribution in [0.2, 0.25) is 0 Å². The molecule has 2 aromatic rings. The van der Waals surface area contributed by atoms with Crippen molar-refractivity contribution in [2.45, 2.75) is 18.2 Å². The Morgan fingerprint density at radius 3 is 2.86 bits per heavy atom. The van der Waals surface area contributed by atoms with E-state index in [0.717, 1.165) is 25.3 Å². The van der Waals surface area contributed by atoms with Crippen molar-refractivity contribution in [2.24, 2.45) is 0 Å². The van der Waals surface area contributed by atoms with E-state index in [2.05, 4.69) is 29.4 Å². The van der Waals surface area contributed by atoms with E-state index in [1.807, 2.05) is 35.0 Å². The van der Waals surface area contributed by atoms with Crippen LogP contribution in [0.4, 0.5) is 0 Å². The zero-order valence-corrected chi connectivity index (χ0v) is 12.7. The molecule has 0 saturated carbocycles. The Balaban J connectivity index is 1.59. The predicted molar refractivity (Wildman–Crippen MR) is 85.1 cm³/mol. The van der Waals surface area contributed by atoms with Gasteiger partial charge in [0, 0.05) is 36.5 Å². The number of rotatable bonds is 3. The minimum Gasteiger partial charge on any atom is -0.340 e. The SMILES string of the molecule is O=C(Cn1cccn1)N1CCSC(c2ccccc2)CC1. The molecule has 1 aliphatic heterocycles. The monoisotopic (exact) mass is 301 g/mol. The second-order valence-corrected chi connectivity index (χ2v) is 6.45. The number of carbonyl (C=O) groups is 1. The lowest BCUT2D eigenvalue weighted by Gasteiger charge is -2.20. The molecule has 0 N–H and O–H groups in total. The van der Waals surface area contributed by atoms with Crippen LogP contribution in [-0.2, 0) is 11.3 Å². The lowest BCUT2D eigenvalue weighted by Crippen LogP contribution is -2.35. The number of thioether (sulfide) groups is 1. The molecule has 3 rings (SSSR count). The van der Waals surface area contributed by atoms with Crippen molar-refractivity contribution in [2.75, 3.05) is 18.8 Å². The molecular formula is C16H19N3OS. The average molecular weight is 301 g/mol. The second kappa shape index (κ2) is 6.80. The van der Waals surface area contributed by atoms with Crippen LogP contribution in [0.1, 0.15) is 17.2 Å². The molecule has 1 amide bonds. The molecule has 1 atom stereocenters. The molecule has 1 aromatic carbocycles. The average Bonchev–Trinajstić information content (AvgIpc) is 2.89. The highest BCUT2D eigenvalue weighted by atomic mass is 32.2. The number of hydrogen-bond donors (Lipinski definition) is 0. The summed E-state index contributed by atoms with van der Waals surface area (Å²) in [4.78, 5) is 14.3. The Morgan fingerprint density at radius 1 is 1.24 bits per heavy atom. The molecule has 0 aliphatic carbocycles. The number of amides is 1. The number of nitrogens with zero attached hydrogens (tertiary/aromatic N) is 3. The van der Waals surface area contributed by atoms with Crippen LogP contribution in [0.5, 0.6) is 0 Å². The fraction of sp³-hybridized carbons (Fsp3) is 0.375. The van der Waals surface area contributed by atoms with E-state index in [9.17, 15) is 4.79 Å². The third-order valence-corrected chi connectivity index (χ3v) is 5.05. The van der Waals surface area contributed by atoms with Crippen LogP contribution >= 0.6 is 11.8 Å². The van der Waals surface area contributed by atoms with Crippen LogP contribution in [0, 0.1) is 0 Å². The van der Waals surface area contributed by atoms with Crippen molar-refractivity contribution in [1.82, 2.24) is 14.7 Å². The first kappa shape index (κ1) is 14.2. The first-order chi connectivity index (χ1) is 10.3. The normalized spacial score (nSPS) is 19.2. The molecule has 0 radical (unpaired) electrons. The van der Waals surface area contributed by atoms with Gasteiger partial charge in [-0.1, -0.05) is 30.3 Å². The lowest BCUT2D eigenvalue weighted by atomic mass is 10.1. The summed E-state index contributed by atoms with van der Waals surface area (Å²) >= 11 is 1.95. The first-order valence-corrected chi connectivity index (χ1v) is 8.29. The van der Waals surface area contributed by atoms with Crippen LogP contribution in [0.3, 0.4) is 0 Å². The smallest absolute Gasteiger partial charge is 0.244 e. The largest absolute Gasteiger partial charge is 0.340 e. The van der Waals surface area contributed by atoms with E-state index in [1.54, 1.807) is 10.9 Å². The summed E-state index contributed by atoms with van der Waals surface area (Å²) in [5.74, 6) is 1.15. The summed E-state index contributed by atoms with van der Waals surface area (Å²) in [5, 5.41) is 4.60. The Bertz CT molecular complexity index is 570.